The molecule has 0 unspecified atom stereocenters. The minimum atomic E-state index is -1.04. The van der Waals surface area contributed by atoms with E-state index in [4.69, 9.17) is 5.11 Å². The quantitative estimate of drug-likeness (QED) is 0.706. The number of likely N-dealkylation sites (N-methyl/N-ethyl adjacent to an activating group) is 1. The Kier molecular flexibility index (Phi) is 4.72. The van der Waals surface area contributed by atoms with Crippen LogP contribution in [0.1, 0.15) is 36.2 Å². The molecular weight excluding hydrogens is 258 g/mol. The zero-order valence-electron chi connectivity index (χ0n) is 12.2. The van der Waals surface area contributed by atoms with E-state index >= 15 is 0 Å². The molecule has 1 aromatic rings. The smallest absolute Gasteiger partial charge is 0.358 e. The largest absolute Gasteiger partial charge is 0.476 e. The van der Waals surface area contributed by atoms with Crippen molar-refractivity contribution in [1.82, 2.24) is 25.2 Å². The molecule has 7 nitrogen and oxygen atoms in total. The van der Waals surface area contributed by atoms with Gasteiger partial charge >= 0.3 is 5.97 Å². The number of carboxylic acids is 1. The molecule has 1 fully saturated rings. The van der Waals surface area contributed by atoms with Crippen LogP contribution in [0.4, 0.5) is 0 Å². The van der Waals surface area contributed by atoms with Gasteiger partial charge in [0.25, 0.3) is 0 Å². The molecule has 7 heteroatoms. The maximum absolute atomic E-state index is 10.7. The zero-order valence-corrected chi connectivity index (χ0v) is 12.2. The summed E-state index contributed by atoms with van der Waals surface area (Å²) in [7, 11) is 4.28. The van der Waals surface area contributed by atoms with Crippen LogP contribution in [0.15, 0.2) is 6.20 Å². The average Bonchev–Trinajstić information content (AvgIpc) is 3.05. The third-order valence-corrected chi connectivity index (χ3v) is 4.21. The van der Waals surface area contributed by atoms with E-state index in [1.54, 1.807) is 4.68 Å². The van der Waals surface area contributed by atoms with Crippen molar-refractivity contribution in [1.29, 1.82) is 0 Å². The van der Waals surface area contributed by atoms with Crippen LogP contribution in [-0.2, 0) is 6.54 Å². The standard InChI is InChI=1S/C13H23N5O2/c1-17(2)13(5-3-4-6-13)10-14-7-8-18-9-11(12(19)20)15-16-18/h9,14H,3-8,10H2,1-2H3,(H,19,20). The fourth-order valence-corrected chi connectivity index (χ4v) is 2.84. The van der Waals surface area contributed by atoms with Gasteiger partial charge in [-0.2, -0.15) is 0 Å². The number of rotatable bonds is 7. The molecule has 0 bridgehead atoms. The molecule has 0 amide bonds. The van der Waals surface area contributed by atoms with Crippen LogP contribution in [0.25, 0.3) is 0 Å². The van der Waals surface area contributed by atoms with Crippen molar-refractivity contribution in [2.75, 3.05) is 27.2 Å². The lowest BCUT2D eigenvalue weighted by molar-refractivity contribution is 0.0690. The highest BCUT2D eigenvalue weighted by Gasteiger charge is 2.35. The molecule has 1 heterocycles. The molecule has 0 aromatic carbocycles. The SMILES string of the molecule is CN(C)C1(CNCCn2cc(C(=O)O)nn2)CCCC1. The van der Waals surface area contributed by atoms with Crippen molar-refractivity contribution in [2.24, 2.45) is 0 Å². The van der Waals surface area contributed by atoms with E-state index in [2.05, 4.69) is 34.6 Å². The molecule has 0 aliphatic heterocycles. The summed E-state index contributed by atoms with van der Waals surface area (Å²) >= 11 is 0. The van der Waals surface area contributed by atoms with Crippen molar-refractivity contribution < 1.29 is 9.90 Å². The van der Waals surface area contributed by atoms with Gasteiger partial charge in [-0.05, 0) is 26.9 Å². The first kappa shape index (κ1) is 14.9. The Hall–Kier alpha value is -1.47. The molecule has 1 aliphatic rings. The maximum atomic E-state index is 10.7. The number of nitrogens with one attached hydrogen (secondary N) is 1. The first-order chi connectivity index (χ1) is 9.53. The van der Waals surface area contributed by atoms with E-state index in [0.29, 0.717) is 6.54 Å². The topological polar surface area (TPSA) is 83.3 Å². The molecule has 1 saturated carbocycles. The van der Waals surface area contributed by atoms with E-state index in [1.807, 2.05) is 0 Å². The summed E-state index contributed by atoms with van der Waals surface area (Å²) in [4.78, 5) is 13.0. The van der Waals surface area contributed by atoms with E-state index in [-0.39, 0.29) is 11.2 Å². The van der Waals surface area contributed by atoms with Crippen molar-refractivity contribution in [2.45, 2.75) is 37.8 Å². The van der Waals surface area contributed by atoms with Gasteiger partial charge in [-0.3, -0.25) is 4.68 Å². The molecule has 2 N–H and O–H groups in total. The van der Waals surface area contributed by atoms with E-state index in [9.17, 15) is 4.79 Å². The van der Waals surface area contributed by atoms with Crippen molar-refractivity contribution in [3.8, 4) is 0 Å². The Morgan fingerprint density at radius 3 is 2.75 bits per heavy atom. The molecule has 1 aromatic heterocycles. The van der Waals surface area contributed by atoms with Gasteiger partial charge in [-0.25, -0.2) is 4.79 Å². The van der Waals surface area contributed by atoms with Crippen LogP contribution >= 0.6 is 0 Å². The Labute approximate surface area is 119 Å². The van der Waals surface area contributed by atoms with Crippen LogP contribution < -0.4 is 5.32 Å². The predicted molar refractivity (Wildman–Crippen MR) is 74.7 cm³/mol. The zero-order chi connectivity index (χ0) is 14.6. The molecular formula is C13H23N5O2. The molecule has 0 saturated heterocycles. The second-order valence-electron chi connectivity index (χ2n) is 5.67. The summed E-state index contributed by atoms with van der Waals surface area (Å²) in [6.45, 7) is 2.35. The number of hydrogen-bond acceptors (Lipinski definition) is 5. The molecule has 1 aliphatic carbocycles. The Bertz CT molecular complexity index is 451. The summed E-state index contributed by atoms with van der Waals surface area (Å²) in [5.41, 5.74) is 0.264. The third kappa shape index (κ3) is 3.34. The Balaban J connectivity index is 1.76. The summed E-state index contributed by atoms with van der Waals surface area (Å²) in [5.74, 6) is -1.04. The number of carbonyl (C=O) groups is 1. The van der Waals surface area contributed by atoms with Crippen molar-refractivity contribution in [3.63, 3.8) is 0 Å². The molecule has 20 heavy (non-hydrogen) atoms. The Morgan fingerprint density at radius 2 is 2.20 bits per heavy atom. The summed E-state index contributed by atoms with van der Waals surface area (Å²) in [6.07, 6.45) is 6.52. The number of carboxylic acid groups (broad SMARTS) is 1. The molecule has 2 rings (SSSR count). The number of nitrogens with zero attached hydrogens (tertiary/aromatic N) is 4. The fourth-order valence-electron chi connectivity index (χ4n) is 2.84. The minimum absolute atomic E-state index is 0.00875. The summed E-state index contributed by atoms with van der Waals surface area (Å²) < 4.78 is 1.56. The molecule has 0 spiro atoms. The van der Waals surface area contributed by atoms with Crippen molar-refractivity contribution >= 4 is 5.97 Å². The van der Waals surface area contributed by atoms with Gasteiger partial charge in [0, 0.05) is 18.6 Å². The van der Waals surface area contributed by atoms with Gasteiger partial charge in [-0.15, -0.1) is 5.10 Å². The summed E-state index contributed by atoms with van der Waals surface area (Å²) in [6, 6.07) is 0. The van der Waals surface area contributed by atoms with Crippen LogP contribution in [0.2, 0.25) is 0 Å². The predicted octanol–water partition coefficient (Wildman–Crippen LogP) is 0.440. The van der Waals surface area contributed by atoms with Crippen LogP contribution in [-0.4, -0.2) is 63.7 Å². The lowest BCUT2D eigenvalue weighted by atomic mass is 9.96. The normalized spacial score (nSPS) is 17.8. The van der Waals surface area contributed by atoms with Crippen LogP contribution in [0.3, 0.4) is 0 Å². The highest BCUT2D eigenvalue weighted by Crippen LogP contribution is 2.32. The van der Waals surface area contributed by atoms with Gasteiger partial charge < -0.3 is 15.3 Å². The maximum Gasteiger partial charge on any atom is 0.358 e. The van der Waals surface area contributed by atoms with Gasteiger partial charge in [0.1, 0.15) is 0 Å². The van der Waals surface area contributed by atoms with Gasteiger partial charge in [0.05, 0.1) is 12.7 Å². The summed E-state index contributed by atoms with van der Waals surface area (Å²) in [5, 5.41) is 19.6. The van der Waals surface area contributed by atoms with E-state index in [1.165, 1.54) is 31.9 Å². The molecule has 112 valence electrons. The second kappa shape index (κ2) is 6.32. The number of aromatic nitrogens is 3. The Morgan fingerprint density at radius 1 is 1.50 bits per heavy atom. The first-order valence-corrected chi connectivity index (χ1v) is 7.05. The highest BCUT2D eigenvalue weighted by molar-refractivity contribution is 5.84. The third-order valence-electron chi connectivity index (χ3n) is 4.21. The number of aromatic carboxylic acids is 1. The van der Waals surface area contributed by atoms with E-state index in [0.717, 1.165) is 13.1 Å². The monoisotopic (exact) mass is 281 g/mol. The first-order valence-electron chi connectivity index (χ1n) is 7.05. The lowest BCUT2D eigenvalue weighted by Crippen LogP contribution is -2.50. The van der Waals surface area contributed by atoms with Gasteiger partial charge in [-0.1, -0.05) is 18.1 Å². The molecule has 0 radical (unpaired) electrons. The van der Waals surface area contributed by atoms with E-state index < -0.39 is 5.97 Å². The highest BCUT2D eigenvalue weighted by atomic mass is 16.4. The minimum Gasteiger partial charge on any atom is -0.476 e. The van der Waals surface area contributed by atoms with Crippen LogP contribution in [0.5, 0.6) is 0 Å². The van der Waals surface area contributed by atoms with Crippen molar-refractivity contribution in [3.05, 3.63) is 11.9 Å². The van der Waals surface area contributed by atoms with Crippen LogP contribution in [0, 0.1) is 0 Å². The lowest BCUT2D eigenvalue weighted by Gasteiger charge is -2.36. The average molecular weight is 281 g/mol. The molecule has 0 atom stereocenters. The van der Waals surface area contributed by atoms with Gasteiger partial charge in [0.15, 0.2) is 5.69 Å². The fraction of sp³-hybridized carbons (Fsp3) is 0.769. The number of hydrogen-bond donors (Lipinski definition) is 2. The van der Waals surface area contributed by atoms with Gasteiger partial charge in [0.2, 0.25) is 0 Å². The second-order valence-corrected chi connectivity index (χ2v) is 5.67.